The fourth-order valence-corrected chi connectivity index (χ4v) is 2.60. The third-order valence-corrected chi connectivity index (χ3v) is 3.77. The van der Waals surface area contributed by atoms with Crippen molar-refractivity contribution in [2.24, 2.45) is 5.84 Å². The molecule has 5 nitrogen and oxygen atoms in total. The molecule has 3 N–H and O–H groups in total. The van der Waals surface area contributed by atoms with Crippen LogP contribution in [0.25, 0.3) is 0 Å². The molecule has 1 aromatic heterocycles. The second-order valence-corrected chi connectivity index (χ2v) is 5.44. The van der Waals surface area contributed by atoms with Gasteiger partial charge in [0.15, 0.2) is 0 Å². The number of aromatic nitrogens is 3. The Bertz CT molecular complexity index is 557. The van der Waals surface area contributed by atoms with Crippen molar-refractivity contribution in [3.8, 4) is 0 Å². The van der Waals surface area contributed by atoms with Crippen molar-refractivity contribution in [3.63, 3.8) is 0 Å². The number of halogens is 2. The van der Waals surface area contributed by atoms with E-state index in [4.69, 9.17) is 17.4 Å². The van der Waals surface area contributed by atoms with Crippen LogP contribution in [0, 0.1) is 0 Å². The average molecular weight is 345 g/mol. The van der Waals surface area contributed by atoms with E-state index in [-0.39, 0.29) is 6.04 Å². The van der Waals surface area contributed by atoms with E-state index in [0.29, 0.717) is 5.02 Å². The summed E-state index contributed by atoms with van der Waals surface area (Å²) in [6, 6.07) is 5.38. The topological polar surface area (TPSA) is 68.8 Å². The molecule has 102 valence electrons. The van der Waals surface area contributed by atoms with Gasteiger partial charge in [0.25, 0.3) is 0 Å². The van der Waals surface area contributed by atoms with E-state index in [1.165, 1.54) is 0 Å². The molecule has 1 heterocycles. The highest BCUT2D eigenvalue weighted by Crippen LogP contribution is 2.30. The van der Waals surface area contributed by atoms with Crippen molar-refractivity contribution in [1.82, 2.24) is 20.4 Å². The van der Waals surface area contributed by atoms with E-state index in [1.54, 1.807) is 6.20 Å². The Kier molecular flexibility index (Phi) is 4.93. The van der Waals surface area contributed by atoms with Crippen LogP contribution < -0.4 is 11.3 Å². The zero-order valence-electron chi connectivity index (χ0n) is 10.5. The smallest absolute Gasteiger partial charge is 0.0906 e. The van der Waals surface area contributed by atoms with Crippen LogP contribution in [0.4, 0.5) is 0 Å². The standard InChI is InChI=1S/C12H15BrClN5/c1-2-5-19-11(7-16-18-19)12(17-15)9-6-8(14)3-4-10(9)13/h3-4,6-7,12,17H,2,5,15H2,1H3. The second-order valence-electron chi connectivity index (χ2n) is 4.15. The van der Waals surface area contributed by atoms with Crippen LogP contribution in [-0.2, 0) is 6.54 Å². The fourth-order valence-electron chi connectivity index (χ4n) is 1.95. The van der Waals surface area contributed by atoms with Gasteiger partial charge in [0, 0.05) is 16.0 Å². The number of aryl methyl sites for hydroxylation is 1. The van der Waals surface area contributed by atoms with E-state index in [9.17, 15) is 0 Å². The summed E-state index contributed by atoms with van der Waals surface area (Å²) in [4.78, 5) is 0. The first-order valence-corrected chi connectivity index (χ1v) is 7.14. The van der Waals surface area contributed by atoms with Gasteiger partial charge in [0.1, 0.15) is 0 Å². The third-order valence-electron chi connectivity index (χ3n) is 2.81. The molecule has 7 heteroatoms. The van der Waals surface area contributed by atoms with Gasteiger partial charge in [-0.05, 0) is 30.2 Å². The molecule has 0 spiro atoms. The van der Waals surface area contributed by atoms with Crippen LogP contribution in [0.5, 0.6) is 0 Å². The maximum atomic E-state index is 6.05. The quantitative estimate of drug-likeness (QED) is 0.646. The lowest BCUT2D eigenvalue weighted by molar-refractivity contribution is 0.511. The lowest BCUT2D eigenvalue weighted by Crippen LogP contribution is -2.31. The second kappa shape index (κ2) is 6.47. The van der Waals surface area contributed by atoms with E-state index < -0.39 is 0 Å². The summed E-state index contributed by atoms with van der Waals surface area (Å²) in [5.41, 5.74) is 4.66. The average Bonchev–Trinajstić information content (AvgIpc) is 2.83. The molecule has 2 rings (SSSR count). The highest BCUT2D eigenvalue weighted by atomic mass is 79.9. The first-order valence-electron chi connectivity index (χ1n) is 5.96. The van der Waals surface area contributed by atoms with Gasteiger partial charge in [-0.2, -0.15) is 0 Å². The molecular formula is C12H15BrClN5. The van der Waals surface area contributed by atoms with Crippen LogP contribution in [-0.4, -0.2) is 15.0 Å². The molecule has 0 aliphatic heterocycles. The van der Waals surface area contributed by atoms with Crippen molar-refractivity contribution in [2.75, 3.05) is 0 Å². The number of hydrogen-bond acceptors (Lipinski definition) is 4. The maximum absolute atomic E-state index is 6.05. The Morgan fingerprint density at radius 3 is 3.00 bits per heavy atom. The van der Waals surface area contributed by atoms with Crippen molar-refractivity contribution in [2.45, 2.75) is 25.9 Å². The first kappa shape index (κ1) is 14.5. The largest absolute Gasteiger partial charge is 0.271 e. The Morgan fingerprint density at radius 2 is 2.32 bits per heavy atom. The van der Waals surface area contributed by atoms with E-state index in [0.717, 1.165) is 28.7 Å². The number of hydrogen-bond donors (Lipinski definition) is 2. The molecule has 0 bridgehead atoms. The zero-order chi connectivity index (χ0) is 13.8. The number of benzene rings is 1. The minimum Gasteiger partial charge on any atom is -0.271 e. The van der Waals surface area contributed by atoms with Gasteiger partial charge in [-0.3, -0.25) is 5.84 Å². The molecule has 0 aliphatic rings. The summed E-state index contributed by atoms with van der Waals surface area (Å²) < 4.78 is 2.78. The monoisotopic (exact) mass is 343 g/mol. The van der Waals surface area contributed by atoms with Crippen LogP contribution in [0.15, 0.2) is 28.9 Å². The van der Waals surface area contributed by atoms with Gasteiger partial charge >= 0.3 is 0 Å². The summed E-state index contributed by atoms with van der Waals surface area (Å²) in [5, 5.41) is 8.69. The summed E-state index contributed by atoms with van der Waals surface area (Å²) in [6.45, 7) is 2.89. The number of nitrogens with zero attached hydrogens (tertiary/aromatic N) is 3. The Labute approximate surface area is 125 Å². The predicted octanol–water partition coefficient (Wildman–Crippen LogP) is 2.66. The Hall–Kier alpha value is -0.950. The van der Waals surface area contributed by atoms with Gasteiger partial charge in [-0.15, -0.1) is 5.10 Å². The van der Waals surface area contributed by atoms with Crippen LogP contribution in [0.3, 0.4) is 0 Å². The molecule has 1 atom stereocenters. The molecule has 0 fully saturated rings. The van der Waals surface area contributed by atoms with Crippen LogP contribution in [0.1, 0.15) is 30.6 Å². The van der Waals surface area contributed by atoms with E-state index in [2.05, 4.69) is 38.6 Å². The molecule has 1 aromatic carbocycles. The lowest BCUT2D eigenvalue weighted by Gasteiger charge is -2.18. The predicted molar refractivity (Wildman–Crippen MR) is 78.6 cm³/mol. The molecule has 0 saturated heterocycles. The lowest BCUT2D eigenvalue weighted by atomic mass is 10.0. The molecule has 19 heavy (non-hydrogen) atoms. The molecule has 0 aliphatic carbocycles. The Balaban J connectivity index is 2.44. The molecule has 1 unspecified atom stereocenters. The van der Waals surface area contributed by atoms with Gasteiger partial charge in [-0.1, -0.05) is 39.7 Å². The SMILES string of the molecule is CCCn1nncc1C(NN)c1cc(Cl)ccc1Br. The van der Waals surface area contributed by atoms with Gasteiger partial charge < -0.3 is 0 Å². The van der Waals surface area contributed by atoms with Crippen molar-refractivity contribution >= 4 is 27.5 Å². The van der Waals surface area contributed by atoms with Crippen molar-refractivity contribution in [3.05, 3.63) is 45.1 Å². The number of nitrogens with two attached hydrogens (primary N) is 1. The van der Waals surface area contributed by atoms with Gasteiger partial charge in [0.05, 0.1) is 17.9 Å². The molecule has 0 amide bonds. The number of rotatable bonds is 5. The fraction of sp³-hybridized carbons (Fsp3) is 0.333. The van der Waals surface area contributed by atoms with Gasteiger partial charge in [0.2, 0.25) is 0 Å². The molecule has 0 radical (unpaired) electrons. The number of nitrogens with one attached hydrogen (secondary N) is 1. The molecule has 2 aromatic rings. The highest BCUT2D eigenvalue weighted by molar-refractivity contribution is 9.10. The Morgan fingerprint density at radius 1 is 1.53 bits per heavy atom. The molecular weight excluding hydrogens is 330 g/mol. The first-order chi connectivity index (χ1) is 9.17. The normalized spacial score (nSPS) is 12.6. The van der Waals surface area contributed by atoms with Crippen molar-refractivity contribution in [1.29, 1.82) is 0 Å². The highest BCUT2D eigenvalue weighted by Gasteiger charge is 2.20. The van der Waals surface area contributed by atoms with Crippen molar-refractivity contribution < 1.29 is 0 Å². The van der Waals surface area contributed by atoms with E-state index in [1.807, 2.05) is 22.9 Å². The summed E-state index contributed by atoms with van der Waals surface area (Å²) in [5.74, 6) is 5.70. The minimum atomic E-state index is -0.213. The van der Waals surface area contributed by atoms with Crippen LogP contribution in [0.2, 0.25) is 5.02 Å². The maximum Gasteiger partial charge on any atom is 0.0906 e. The molecule has 0 saturated carbocycles. The summed E-state index contributed by atoms with van der Waals surface area (Å²) >= 11 is 9.57. The van der Waals surface area contributed by atoms with Gasteiger partial charge in [-0.25, -0.2) is 10.1 Å². The summed E-state index contributed by atoms with van der Waals surface area (Å²) in [6.07, 6.45) is 2.69. The summed E-state index contributed by atoms with van der Waals surface area (Å²) in [7, 11) is 0. The third kappa shape index (κ3) is 3.14. The zero-order valence-corrected chi connectivity index (χ0v) is 12.8. The minimum absolute atomic E-state index is 0.213. The number of hydrazine groups is 1. The van der Waals surface area contributed by atoms with Crippen LogP contribution >= 0.6 is 27.5 Å². The van der Waals surface area contributed by atoms with E-state index >= 15 is 0 Å².